The van der Waals surface area contributed by atoms with Crippen LogP contribution in [0.1, 0.15) is 34.7 Å². The number of nitrogens with zero attached hydrogens (tertiary/aromatic N) is 2. The van der Waals surface area contributed by atoms with Gasteiger partial charge in [-0.05, 0) is 26.0 Å². The van der Waals surface area contributed by atoms with Crippen LogP contribution in [0.3, 0.4) is 0 Å². The molecule has 6 heterocycles. The van der Waals surface area contributed by atoms with E-state index in [2.05, 4.69) is 9.97 Å². The van der Waals surface area contributed by atoms with Crippen molar-refractivity contribution in [2.75, 3.05) is 13.2 Å². The Balaban J connectivity index is 0.949. The average molecular weight is 783 g/mol. The third kappa shape index (κ3) is 7.06. The Morgan fingerprint density at radius 2 is 1.09 bits per heavy atom. The number of aryl methyl sites for hydroxylation is 2. The van der Waals surface area contributed by atoms with E-state index < -0.39 is 62.8 Å². The molecule has 18 nitrogen and oxygen atoms in total. The lowest BCUT2D eigenvalue weighted by molar-refractivity contribution is -0.0130. The van der Waals surface area contributed by atoms with Crippen LogP contribution in [0.2, 0.25) is 0 Å². The molecule has 2 aromatic carbocycles. The zero-order valence-electron chi connectivity index (χ0n) is 28.6. The van der Waals surface area contributed by atoms with Crippen molar-refractivity contribution >= 4 is 15.6 Å². The number of benzene rings is 2. The number of H-pyrrole nitrogens is 2. The highest BCUT2D eigenvalue weighted by atomic mass is 31.2. The first-order valence-electron chi connectivity index (χ1n) is 16.6. The fourth-order valence-corrected chi connectivity index (χ4v) is 8.59. The quantitative estimate of drug-likeness (QED) is 0.181. The van der Waals surface area contributed by atoms with E-state index in [-0.39, 0.29) is 37.9 Å². The number of phosphoric ester groups is 2. The molecule has 0 amide bonds. The van der Waals surface area contributed by atoms with E-state index in [1.54, 1.807) is 74.5 Å². The summed E-state index contributed by atoms with van der Waals surface area (Å²) in [7, 11) is -8.42. The van der Waals surface area contributed by atoms with Gasteiger partial charge in [0.05, 0.1) is 26.4 Å². The summed E-state index contributed by atoms with van der Waals surface area (Å²) in [6.07, 6.45) is 6.15. The first-order valence-corrected chi connectivity index (χ1v) is 19.5. The van der Waals surface area contributed by atoms with Gasteiger partial charge >= 0.3 is 27.0 Å². The van der Waals surface area contributed by atoms with Crippen LogP contribution in [-0.2, 0) is 49.9 Å². The summed E-state index contributed by atoms with van der Waals surface area (Å²) < 4.78 is 76.0. The molecule has 0 spiro atoms. The lowest BCUT2D eigenvalue weighted by Gasteiger charge is -2.29. The Kier molecular flexibility index (Phi) is 9.40. The van der Waals surface area contributed by atoms with Crippen molar-refractivity contribution < 1.29 is 45.7 Å². The highest BCUT2D eigenvalue weighted by Crippen LogP contribution is 2.60. The smallest absolute Gasteiger partial charge is 0.403 e. The molecule has 0 saturated heterocycles. The summed E-state index contributed by atoms with van der Waals surface area (Å²) in [5, 5.41) is 0. The van der Waals surface area contributed by atoms with Crippen molar-refractivity contribution in [2.45, 2.75) is 51.7 Å². The van der Waals surface area contributed by atoms with Crippen LogP contribution in [0.15, 0.2) is 92.3 Å². The second-order valence-electron chi connectivity index (χ2n) is 12.7. The predicted molar refractivity (Wildman–Crippen MR) is 188 cm³/mol. The molecular weight excluding hydrogens is 750 g/mol. The number of rotatable bonds is 9. The van der Waals surface area contributed by atoms with E-state index >= 15 is 0 Å². The van der Waals surface area contributed by atoms with E-state index in [4.69, 9.17) is 36.6 Å². The topological polar surface area (TPSA) is 218 Å². The van der Waals surface area contributed by atoms with Crippen LogP contribution < -0.4 is 31.5 Å². The van der Waals surface area contributed by atoms with Crippen LogP contribution in [0.5, 0.6) is 11.5 Å². The minimum absolute atomic E-state index is 0.113. The second-order valence-corrected chi connectivity index (χ2v) is 15.8. The second kappa shape index (κ2) is 14.1. The number of ether oxygens (including phenoxy) is 2. The zero-order chi connectivity index (χ0) is 37.8. The molecular formula is C34H32N4O14P2. The van der Waals surface area contributed by atoms with Gasteiger partial charge < -0.3 is 18.5 Å². The Bertz CT molecular complexity index is 2380. The molecule has 54 heavy (non-hydrogen) atoms. The van der Waals surface area contributed by atoms with Gasteiger partial charge in [-0.3, -0.25) is 46.8 Å². The average Bonchev–Trinajstić information content (AvgIpc) is 3.83. The van der Waals surface area contributed by atoms with Crippen LogP contribution in [0.4, 0.5) is 0 Å². The van der Waals surface area contributed by atoms with Crippen LogP contribution >= 0.6 is 15.6 Å². The van der Waals surface area contributed by atoms with Crippen LogP contribution in [0, 0.1) is 13.8 Å². The number of hydrogen-bond donors (Lipinski definition) is 2. The largest absolute Gasteiger partial charge is 0.530 e. The van der Waals surface area contributed by atoms with Crippen molar-refractivity contribution in [3.8, 4) is 22.6 Å². The van der Waals surface area contributed by atoms with Gasteiger partial charge in [0.25, 0.3) is 11.1 Å². The molecule has 0 radical (unpaired) electrons. The monoisotopic (exact) mass is 782 g/mol. The van der Waals surface area contributed by atoms with Crippen molar-refractivity contribution in [3.05, 3.63) is 137 Å². The first kappa shape index (κ1) is 36.1. The molecule has 0 bridgehead atoms. The van der Waals surface area contributed by atoms with Gasteiger partial charge in [-0.25, -0.2) is 18.7 Å². The molecule has 0 saturated carbocycles. The summed E-state index contributed by atoms with van der Waals surface area (Å²) in [6, 6.07) is 10.4. The third-order valence-corrected chi connectivity index (χ3v) is 11.5. The fourth-order valence-electron chi connectivity index (χ4n) is 6.10. The Hall–Kier alpha value is -4.90. The molecule has 8 rings (SSSR count). The van der Waals surface area contributed by atoms with E-state index in [9.17, 15) is 28.3 Å². The van der Waals surface area contributed by atoms with Crippen molar-refractivity contribution in [1.29, 1.82) is 0 Å². The Morgan fingerprint density at radius 3 is 1.52 bits per heavy atom. The van der Waals surface area contributed by atoms with E-state index in [0.29, 0.717) is 33.4 Å². The lowest BCUT2D eigenvalue weighted by Crippen LogP contribution is -2.33. The van der Waals surface area contributed by atoms with Gasteiger partial charge in [-0.1, -0.05) is 48.6 Å². The summed E-state index contributed by atoms with van der Waals surface area (Å²) >= 11 is 0. The maximum absolute atomic E-state index is 13.8. The maximum atomic E-state index is 13.8. The summed E-state index contributed by atoms with van der Waals surface area (Å²) in [5.41, 5.74) is 0.379. The highest BCUT2D eigenvalue weighted by molar-refractivity contribution is 7.49. The summed E-state index contributed by atoms with van der Waals surface area (Å²) in [4.78, 5) is 52.6. The molecule has 20 heteroatoms. The normalized spacial score (nSPS) is 26.9. The zero-order valence-corrected chi connectivity index (χ0v) is 30.4. The van der Waals surface area contributed by atoms with Gasteiger partial charge in [0.1, 0.15) is 23.7 Å². The lowest BCUT2D eigenvalue weighted by atomic mass is 9.98. The van der Waals surface area contributed by atoms with Crippen molar-refractivity contribution in [1.82, 2.24) is 19.1 Å². The molecule has 4 aliphatic rings. The number of nitrogens with one attached hydrogen (secondary N) is 2. The molecule has 6 atom stereocenters. The van der Waals surface area contributed by atoms with Gasteiger partial charge in [-0.2, -0.15) is 0 Å². The number of fused-ring (bicyclic) bond motifs is 2. The molecule has 0 fully saturated rings. The third-order valence-electron chi connectivity index (χ3n) is 8.89. The van der Waals surface area contributed by atoms with Gasteiger partial charge in [0, 0.05) is 45.8 Å². The van der Waals surface area contributed by atoms with Crippen molar-refractivity contribution in [3.63, 3.8) is 0 Å². The van der Waals surface area contributed by atoms with E-state index in [1.165, 1.54) is 21.5 Å². The minimum atomic E-state index is -4.21. The fraction of sp³-hybridized carbons (Fsp3) is 0.294. The van der Waals surface area contributed by atoms with E-state index in [1.807, 2.05) is 0 Å². The summed E-state index contributed by atoms with van der Waals surface area (Å²) in [5.74, 6) is 0.399. The van der Waals surface area contributed by atoms with Crippen molar-refractivity contribution in [2.24, 2.45) is 0 Å². The molecule has 0 aliphatic carbocycles. The molecule has 2 aromatic heterocycles. The number of hydrogen-bond acceptors (Lipinski definition) is 14. The highest BCUT2D eigenvalue weighted by Gasteiger charge is 2.40. The maximum Gasteiger partial charge on any atom is 0.530 e. The Labute approximate surface area is 304 Å². The van der Waals surface area contributed by atoms with Crippen LogP contribution in [-0.4, -0.2) is 44.5 Å². The van der Waals surface area contributed by atoms with Crippen LogP contribution in [0.25, 0.3) is 11.1 Å². The molecule has 2 unspecified atom stereocenters. The molecule has 4 aliphatic heterocycles. The molecule has 282 valence electrons. The number of phosphoric acid groups is 2. The number of aromatic amines is 2. The van der Waals surface area contributed by atoms with Gasteiger partial charge in [-0.15, -0.1) is 0 Å². The standard InChI is InChI=1S/C34H32N4O14P2/c1-19-13-37(33(41)35-31(19)39)27-11-9-23(49-27)17-47-53(43)45-15-21-5-3-7-25(29(21)51-53)26-8-4-6-22-16-46-54(44,52-30(22)26)48-18-24-10-12-28(50-24)38-14-20(2)32(40)36-34(38)42/h3-14,23-24,27-28H,15-18H2,1-2H3,(H,35,39,41)(H,36,40,42)/t23-,24-,27+,28+,53?,54?/m0/s1. The number of aromatic nitrogens is 4. The van der Waals surface area contributed by atoms with Gasteiger partial charge in [0.15, 0.2) is 12.5 Å². The summed E-state index contributed by atoms with van der Waals surface area (Å²) in [6.45, 7) is 2.40. The minimum Gasteiger partial charge on any atom is -0.403 e. The SMILES string of the molecule is Cc1cn([C@H]2C=C[C@@H](COP3(=O)OCc4cccc(-c5cccc6c5OP(=O)(OC[C@@H]5C=C[C@H](n7cc(C)c(=O)[nH]c7=O)O5)OC6)c4O3)O2)c(=O)[nH]c1=O. The number of para-hydroxylation sites is 2. The molecule has 2 N–H and O–H groups in total. The first-order chi connectivity index (χ1) is 25.9. The Morgan fingerprint density at radius 1 is 0.667 bits per heavy atom. The van der Waals surface area contributed by atoms with E-state index in [0.717, 1.165) is 0 Å². The van der Waals surface area contributed by atoms with Gasteiger partial charge in [0.2, 0.25) is 0 Å². The predicted octanol–water partition coefficient (Wildman–Crippen LogP) is 4.05. The molecule has 4 aromatic rings.